The second-order valence-electron chi connectivity index (χ2n) is 8.64. The molecule has 39 heavy (non-hydrogen) atoms. The zero-order valence-corrected chi connectivity index (χ0v) is 21.8. The lowest BCUT2D eigenvalue weighted by molar-refractivity contribution is -0.137. The highest BCUT2D eigenvalue weighted by molar-refractivity contribution is 7.85. The van der Waals surface area contributed by atoms with Gasteiger partial charge >= 0.3 is 5.97 Å². The Bertz CT molecular complexity index is 1490. The number of aliphatic carboxylic acids is 1. The first-order valence-corrected chi connectivity index (χ1v) is 13.4. The number of hydrogen-bond donors (Lipinski definition) is 4. The van der Waals surface area contributed by atoms with Crippen LogP contribution in [0.5, 0.6) is 0 Å². The topological polar surface area (TPSA) is 134 Å². The van der Waals surface area contributed by atoms with E-state index in [1.54, 1.807) is 72.8 Å². The van der Waals surface area contributed by atoms with Gasteiger partial charge in [-0.3, -0.25) is 13.8 Å². The summed E-state index contributed by atoms with van der Waals surface area (Å²) in [4.78, 5) is 29.4. The molecule has 4 rings (SSSR count). The molecule has 5 N–H and O–H groups in total. The molecular formula is C30H28N4O4S. The van der Waals surface area contributed by atoms with E-state index >= 15 is 0 Å². The molecule has 0 aliphatic carbocycles. The molecule has 4 aromatic carbocycles. The van der Waals surface area contributed by atoms with Gasteiger partial charge in [0, 0.05) is 11.3 Å². The Balaban J connectivity index is 1.50. The van der Waals surface area contributed by atoms with Crippen molar-refractivity contribution in [1.82, 2.24) is 0 Å². The highest BCUT2D eigenvalue weighted by Gasteiger charge is 2.26. The van der Waals surface area contributed by atoms with E-state index in [0.717, 1.165) is 5.56 Å². The molecule has 198 valence electrons. The average Bonchev–Trinajstić information content (AvgIpc) is 2.96. The van der Waals surface area contributed by atoms with Crippen LogP contribution in [0.4, 0.5) is 11.4 Å². The number of anilines is 2. The number of nitrogens with zero attached hydrogens (tertiary/aromatic N) is 1. The molecule has 0 saturated carbocycles. The summed E-state index contributed by atoms with van der Waals surface area (Å²) >= 11 is 0. The number of para-hydroxylation sites is 1. The van der Waals surface area contributed by atoms with Gasteiger partial charge in [-0.2, -0.15) is 0 Å². The van der Waals surface area contributed by atoms with Crippen LogP contribution in [-0.2, 0) is 22.1 Å². The van der Waals surface area contributed by atoms with Crippen molar-refractivity contribution in [2.75, 3.05) is 10.6 Å². The van der Waals surface area contributed by atoms with Gasteiger partial charge in [0.05, 0.1) is 39.6 Å². The third kappa shape index (κ3) is 7.62. The van der Waals surface area contributed by atoms with Crippen molar-refractivity contribution in [3.05, 3.63) is 126 Å². The molecule has 0 radical (unpaired) electrons. The fraction of sp³-hybridized carbons (Fsp3) is 0.100. The fourth-order valence-corrected chi connectivity index (χ4v) is 5.48. The number of nitrogens with two attached hydrogens (primary N) is 1. The molecule has 8 nitrogen and oxygen atoms in total. The van der Waals surface area contributed by atoms with Gasteiger partial charge in [-0.05, 0) is 41.5 Å². The van der Waals surface area contributed by atoms with Gasteiger partial charge in [0.25, 0.3) is 5.91 Å². The SMILES string of the molecule is NC(=NCc1ccccc1)Nc1cccc(C(=O)Nc2ccccc2S(=O)C(CC(=O)O)c2ccccc2)c1. The maximum Gasteiger partial charge on any atom is 0.304 e. The van der Waals surface area contributed by atoms with Crippen molar-refractivity contribution < 1.29 is 18.9 Å². The molecule has 0 aromatic heterocycles. The summed E-state index contributed by atoms with van der Waals surface area (Å²) in [6.45, 7) is 0.416. The first-order valence-electron chi connectivity index (χ1n) is 12.2. The molecule has 4 aromatic rings. The van der Waals surface area contributed by atoms with Gasteiger partial charge < -0.3 is 21.5 Å². The van der Waals surface area contributed by atoms with Crippen LogP contribution < -0.4 is 16.4 Å². The number of hydrogen-bond acceptors (Lipinski definition) is 4. The van der Waals surface area contributed by atoms with Crippen LogP contribution in [0.2, 0.25) is 0 Å². The molecule has 0 aliphatic rings. The van der Waals surface area contributed by atoms with Gasteiger partial charge in [0.2, 0.25) is 0 Å². The van der Waals surface area contributed by atoms with E-state index in [-0.39, 0.29) is 12.4 Å². The van der Waals surface area contributed by atoms with Crippen LogP contribution in [0.3, 0.4) is 0 Å². The third-order valence-corrected chi connectivity index (χ3v) is 7.56. The zero-order valence-electron chi connectivity index (χ0n) is 21.0. The molecule has 0 heterocycles. The summed E-state index contributed by atoms with van der Waals surface area (Å²) in [6.07, 6.45) is -0.320. The maximum absolute atomic E-state index is 13.6. The van der Waals surface area contributed by atoms with Crippen LogP contribution >= 0.6 is 0 Å². The largest absolute Gasteiger partial charge is 0.481 e. The Labute approximate surface area is 229 Å². The second-order valence-corrected chi connectivity index (χ2v) is 10.2. The van der Waals surface area contributed by atoms with E-state index in [9.17, 15) is 18.9 Å². The van der Waals surface area contributed by atoms with E-state index in [4.69, 9.17) is 5.73 Å². The molecule has 0 fully saturated rings. The number of carboxylic acids is 1. The lowest BCUT2D eigenvalue weighted by atomic mass is 10.1. The monoisotopic (exact) mass is 540 g/mol. The van der Waals surface area contributed by atoms with Gasteiger partial charge in [-0.25, -0.2) is 4.99 Å². The van der Waals surface area contributed by atoms with Crippen molar-refractivity contribution in [2.24, 2.45) is 10.7 Å². The predicted molar refractivity (Wildman–Crippen MR) is 154 cm³/mol. The van der Waals surface area contributed by atoms with Gasteiger partial charge in [0.1, 0.15) is 0 Å². The van der Waals surface area contributed by atoms with E-state index in [1.165, 1.54) is 0 Å². The van der Waals surface area contributed by atoms with Crippen LogP contribution in [0.25, 0.3) is 0 Å². The Hall–Kier alpha value is -4.76. The van der Waals surface area contributed by atoms with Crippen LogP contribution in [-0.4, -0.2) is 27.2 Å². The number of nitrogens with one attached hydrogen (secondary N) is 2. The Morgan fingerprint density at radius 1 is 0.846 bits per heavy atom. The molecule has 0 saturated heterocycles. The van der Waals surface area contributed by atoms with Gasteiger partial charge in [-0.15, -0.1) is 0 Å². The number of amides is 1. The maximum atomic E-state index is 13.6. The first kappa shape index (κ1) is 27.3. The number of rotatable bonds is 10. The number of carbonyl (C=O) groups is 2. The van der Waals surface area contributed by atoms with Crippen molar-refractivity contribution in [2.45, 2.75) is 23.1 Å². The van der Waals surface area contributed by atoms with Crippen molar-refractivity contribution >= 4 is 40.0 Å². The molecule has 1 amide bonds. The lowest BCUT2D eigenvalue weighted by Gasteiger charge is -2.18. The Morgan fingerprint density at radius 3 is 2.23 bits per heavy atom. The molecule has 0 spiro atoms. The van der Waals surface area contributed by atoms with E-state index in [1.807, 2.05) is 36.4 Å². The van der Waals surface area contributed by atoms with Crippen LogP contribution in [0.15, 0.2) is 119 Å². The van der Waals surface area contributed by atoms with Crippen LogP contribution in [0, 0.1) is 0 Å². The van der Waals surface area contributed by atoms with Gasteiger partial charge in [0.15, 0.2) is 5.96 Å². The number of benzene rings is 4. The standard InChI is InChI=1S/C30H28N4O4S/c31-30(32-20-21-10-3-1-4-11-21)33-24-15-9-14-23(18-24)29(37)34-25-16-7-8-17-26(25)39(38)27(19-28(35)36)22-12-5-2-6-13-22/h1-18,27H,19-20H2,(H,34,37)(H,35,36)(H3,31,32,33). The van der Waals surface area contributed by atoms with Crippen molar-refractivity contribution in [3.63, 3.8) is 0 Å². The molecule has 2 unspecified atom stereocenters. The average molecular weight is 541 g/mol. The van der Waals surface area contributed by atoms with Crippen molar-refractivity contribution in [1.29, 1.82) is 0 Å². The summed E-state index contributed by atoms with van der Waals surface area (Å²) in [5.74, 6) is -1.27. The van der Waals surface area contributed by atoms with Crippen LogP contribution in [0.1, 0.15) is 33.2 Å². The minimum atomic E-state index is -1.75. The minimum absolute atomic E-state index is 0.211. The molecule has 9 heteroatoms. The van der Waals surface area contributed by atoms with E-state index in [2.05, 4.69) is 15.6 Å². The summed E-state index contributed by atoms with van der Waals surface area (Å²) in [5.41, 5.74) is 8.96. The summed E-state index contributed by atoms with van der Waals surface area (Å²) in [5, 5.41) is 14.5. The normalized spacial score (nSPS) is 12.8. The molecular weight excluding hydrogens is 512 g/mol. The zero-order chi connectivity index (χ0) is 27.6. The Morgan fingerprint density at radius 2 is 1.51 bits per heavy atom. The summed E-state index contributed by atoms with van der Waals surface area (Å²) in [6, 6.07) is 32.0. The summed E-state index contributed by atoms with van der Waals surface area (Å²) in [7, 11) is -1.75. The third-order valence-electron chi connectivity index (χ3n) is 5.81. The van der Waals surface area contributed by atoms with E-state index < -0.39 is 27.9 Å². The molecule has 2 atom stereocenters. The highest BCUT2D eigenvalue weighted by Crippen LogP contribution is 2.32. The first-order chi connectivity index (χ1) is 18.9. The van der Waals surface area contributed by atoms with E-state index in [0.29, 0.717) is 33.9 Å². The Kier molecular flexibility index (Phi) is 9.20. The molecule has 0 aliphatic heterocycles. The lowest BCUT2D eigenvalue weighted by Crippen LogP contribution is -2.23. The van der Waals surface area contributed by atoms with Gasteiger partial charge in [-0.1, -0.05) is 78.9 Å². The number of carboxylic acid groups (broad SMARTS) is 1. The minimum Gasteiger partial charge on any atom is -0.481 e. The predicted octanol–water partition coefficient (Wildman–Crippen LogP) is 5.19. The smallest absolute Gasteiger partial charge is 0.304 e. The number of carbonyl (C=O) groups excluding carboxylic acids is 1. The fourth-order valence-electron chi connectivity index (χ4n) is 3.92. The highest BCUT2D eigenvalue weighted by atomic mass is 32.2. The number of aliphatic imine (C=N–C) groups is 1. The second kappa shape index (κ2) is 13.2. The van der Waals surface area contributed by atoms with Crippen molar-refractivity contribution in [3.8, 4) is 0 Å². The molecule has 0 bridgehead atoms. The number of guanidine groups is 1. The summed E-state index contributed by atoms with van der Waals surface area (Å²) < 4.78 is 13.6. The quantitative estimate of drug-likeness (QED) is 0.162.